The van der Waals surface area contributed by atoms with Crippen LogP contribution in [0.3, 0.4) is 0 Å². The number of ether oxygens (including phenoxy) is 1. The average Bonchev–Trinajstić information content (AvgIpc) is 3.27. The molecular formula is C29H37Cl2N3O5. The number of hydrogen-bond acceptors (Lipinski definition) is 5. The molecule has 10 heteroatoms. The number of carboxylic acid groups (broad SMARTS) is 1. The number of aliphatic hydroxyl groups excluding tert-OH is 1. The Balaban J connectivity index is 1.39. The third-order valence-corrected chi connectivity index (χ3v) is 10.6. The molecule has 1 heterocycles. The van der Waals surface area contributed by atoms with Crippen LogP contribution in [0.5, 0.6) is 5.75 Å². The van der Waals surface area contributed by atoms with E-state index in [4.69, 9.17) is 27.9 Å². The highest BCUT2D eigenvalue weighted by Crippen LogP contribution is 2.67. The van der Waals surface area contributed by atoms with Crippen LogP contribution in [-0.4, -0.2) is 56.5 Å². The summed E-state index contributed by atoms with van der Waals surface area (Å²) in [5, 5.41) is 26.0. The molecule has 5 rings (SSSR count). The van der Waals surface area contributed by atoms with E-state index >= 15 is 0 Å². The maximum absolute atomic E-state index is 14.1. The first-order valence-corrected chi connectivity index (χ1v) is 14.4. The predicted molar refractivity (Wildman–Crippen MR) is 148 cm³/mol. The van der Waals surface area contributed by atoms with Gasteiger partial charge >= 0.3 is 5.97 Å². The molecule has 3 aliphatic rings. The molecular weight excluding hydrogens is 541 g/mol. The summed E-state index contributed by atoms with van der Waals surface area (Å²) in [5.41, 5.74) is 0.275. The highest BCUT2D eigenvalue weighted by atomic mass is 35.5. The zero-order chi connectivity index (χ0) is 28.3. The molecule has 39 heavy (non-hydrogen) atoms. The number of hydrogen-bond donors (Lipinski definition) is 2. The van der Waals surface area contributed by atoms with Crippen molar-refractivity contribution in [2.75, 3.05) is 13.7 Å². The van der Waals surface area contributed by atoms with E-state index in [0.29, 0.717) is 59.4 Å². The number of carbonyl (C=O) groups excluding carboxylic acids is 1. The van der Waals surface area contributed by atoms with Crippen LogP contribution >= 0.6 is 23.2 Å². The number of carbonyl (C=O) groups is 2. The van der Waals surface area contributed by atoms with Gasteiger partial charge in [0.25, 0.3) is 5.91 Å². The van der Waals surface area contributed by atoms with Gasteiger partial charge < -0.3 is 19.8 Å². The standard InChI is InChI=1S/C29H37Cl2N3O5/c1-28(2)19-12-17(13-20(19)28)33(15-22(35)24-21(30)6-5-7-23(24)39-4)26(36)18-14-32-34(25(18)31)16-8-10-29(3,11-9-16)27(37)38/h5-7,14,16-17,19-20,22,35H,8-13,15H2,1-4H3,(H,37,38)/t16-,17-,19-,20+,22?,29-. The smallest absolute Gasteiger partial charge is 0.309 e. The van der Waals surface area contributed by atoms with Crippen LogP contribution < -0.4 is 4.74 Å². The maximum Gasteiger partial charge on any atom is 0.309 e. The number of benzene rings is 1. The van der Waals surface area contributed by atoms with E-state index in [2.05, 4.69) is 18.9 Å². The van der Waals surface area contributed by atoms with E-state index in [9.17, 15) is 19.8 Å². The van der Waals surface area contributed by atoms with E-state index in [1.807, 2.05) is 0 Å². The molecule has 1 unspecified atom stereocenters. The summed E-state index contributed by atoms with van der Waals surface area (Å²) in [6.07, 6.45) is 4.47. The maximum atomic E-state index is 14.1. The van der Waals surface area contributed by atoms with Gasteiger partial charge in [-0.2, -0.15) is 5.10 Å². The normalized spacial score (nSPS) is 29.9. The van der Waals surface area contributed by atoms with Crippen LogP contribution in [0.25, 0.3) is 0 Å². The molecule has 0 aliphatic heterocycles. The van der Waals surface area contributed by atoms with E-state index in [0.717, 1.165) is 12.8 Å². The minimum absolute atomic E-state index is 0.0333. The molecule has 0 saturated heterocycles. The Labute approximate surface area is 239 Å². The first kappa shape index (κ1) is 28.2. The van der Waals surface area contributed by atoms with E-state index in [1.54, 1.807) is 34.7 Å². The van der Waals surface area contributed by atoms with Gasteiger partial charge in [-0.15, -0.1) is 0 Å². The van der Waals surface area contributed by atoms with Gasteiger partial charge in [-0.25, -0.2) is 0 Å². The third kappa shape index (κ3) is 4.93. The van der Waals surface area contributed by atoms with Crippen molar-refractivity contribution in [2.24, 2.45) is 22.7 Å². The Kier molecular flexibility index (Phi) is 7.44. The van der Waals surface area contributed by atoms with Gasteiger partial charge in [0.15, 0.2) is 0 Å². The van der Waals surface area contributed by atoms with Crippen LogP contribution in [0.4, 0.5) is 0 Å². The van der Waals surface area contributed by atoms with Crippen LogP contribution in [0.2, 0.25) is 10.2 Å². The van der Waals surface area contributed by atoms with Gasteiger partial charge in [-0.3, -0.25) is 14.3 Å². The summed E-state index contributed by atoms with van der Waals surface area (Å²) in [4.78, 5) is 27.5. The molecule has 3 aliphatic carbocycles. The summed E-state index contributed by atoms with van der Waals surface area (Å²) in [7, 11) is 1.52. The number of nitrogens with zero attached hydrogens (tertiary/aromatic N) is 3. The van der Waals surface area contributed by atoms with Crippen molar-refractivity contribution in [1.29, 1.82) is 0 Å². The minimum Gasteiger partial charge on any atom is -0.496 e. The fraction of sp³-hybridized carbons (Fsp3) is 0.621. The van der Waals surface area contributed by atoms with Crippen molar-refractivity contribution >= 4 is 35.1 Å². The third-order valence-electron chi connectivity index (χ3n) is 9.86. The van der Waals surface area contributed by atoms with Crippen molar-refractivity contribution in [1.82, 2.24) is 14.7 Å². The number of aliphatic carboxylic acids is 1. The lowest BCUT2D eigenvalue weighted by atomic mass is 9.74. The largest absolute Gasteiger partial charge is 0.496 e. The predicted octanol–water partition coefficient (Wildman–Crippen LogP) is 6.01. The number of aliphatic hydroxyl groups is 1. The molecule has 0 bridgehead atoms. The monoisotopic (exact) mass is 577 g/mol. The van der Waals surface area contributed by atoms with Gasteiger partial charge in [0, 0.05) is 11.6 Å². The molecule has 3 fully saturated rings. The Morgan fingerprint density at radius 1 is 1.18 bits per heavy atom. The highest BCUT2D eigenvalue weighted by molar-refractivity contribution is 6.33. The second kappa shape index (κ2) is 10.3. The molecule has 1 amide bonds. The zero-order valence-electron chi connectivity index (χ0n) is 22.9. The van der Waals surface area contributed by atoms with Crippen LogP contribution in [0.15, 0.2) is 24.4 Å². The van der Waals surface area contributed by atoms with Crippen molar-refractivity contribution in [3.63, 3.8) is 0 Å². The second-order valence-corrected chi connectivity index (χ2v) is 13.1. The SMILES string of the molecule is COc1cccc(Cl)c1C(O)CN(C(=O)c1cnn([C@H]2CC[C@](C)(C(=O)O)CC2)c1Cl)[C@@H]1C[C@@H]2[C@H](C1)C2(C)C. The van der Waals surface area contributed by atoms with Crippen LogP contribution in [0, 0.1) is 22.7 Å². The summed E-state index contributed by atoms with van der Waals surface area (Å²) in [5.74, 6) is 0.508. The molecule has 1 aromatic carbocycles. The number of aromatic nitrogens is 2. The molecule has 3 saturated carbocycles. The Bertz CT molecular complexity index is 1260. The molecule has 4 atom stereocenters. The lowest BCUT2D eigenvalue weighted by Gasteiger charge is -2.34. The lowest BCUT2D eigenvalue weighted by Crippen LogP contribution is -2.43. The second-order valence-electron chi connectivity index (χ2n) is 12.4. The Hall–Kier alpha value is -2.29. The van der Waals surface area contributed by atoms with Gasteiger partial charge in [0.1, 0.15) is 17.0 Å². The van der Waals surface area contributed by atoms with Gasteiger partial charge in [0.2, 0.25) is 0 Å². The quantitative estimate of drug-likeness (QED) is 0.397. The number of fused-ring (bicyclic) bond motifs is 1. The van der Waals surface area contributed by atoms with E-state index < -0.39 is 17.5 Å². The summed E-state index contributed by atoms with van der Waals surface area (Å²) in [6, 6.07) is 5.09. The first-order valence-electron chi connectivity index (χ1n) is 13.7. The Morgan fingerprint density at radius 3 is 2.41 bits per heavy atom. The number of carboxylic acids is 1. The molecule has 2 N–H and O–H groups in total. The number of methoxy groups -OCH3 is 1. The fourth-order valence-corrected chi connectivity index (χ4v) is 7.63. The van der Waals surface area contributed by atoms with Crippen LogP contribution in [0.1, 0.15) is 87.4 Å². The topological polar surface area (TPSA) is 105 Å². The molecule has 2 aromatic rings. The average molecular weight is 579 g/mol. The van der Waals surface area contributed by atoms with Crippen molar-refractivity contribution in [2.45, 2.75) is 77.5 Å². The van der Waals surface area contributed by atoms with E-state index in [1.165, 1.54) is 13.3 Å². The van der Waals surface area contributed by atoms with E-state index in [-0.39, 0.29) is 35.1 Å². The van der Waals surface area contributed by atoms with Gasteiger partial charge in [0.05, 0.1) is 41.9 Å². The van der Waals surface area contributed by atoms with Crippen molar-refractivity contribution in [3.8, 4) is 5.75 Å². The number of amides is 1. The summed E-state index contributed by atoms with van der Waals surface area (Å²) in [6.45, 7) is 6.37. The number of halogens is 2. The molecule has 8 nitrogen and oxygen atoms in total. The zero-order valence-corrected chi connectivity index (χ0v) is 24.4. The van der Waals surface area contributed by atoms with Crippen molar-refractivity contribution in [3.05, 3.63) is 45.7 Å². The van der Waals surface area contributed by atoms with Crippen LogP contribution in [-0.2, 0) is 4.79 Å². The first-order chi connectivity index (χ1) is 18.4. The number of rotatable bonds is 8. The molecule has 1 aromatic heterocycles. The fourth-order valence-electron chi connectivity index (χ4n) is 7.02. The summed E-state index contributed by atoms with van der Waals surface area (Å²) < 4.78 is 7.11. The van der Waals surface area contributed by atoms with Crippen molar-refractivity contribution < 1.29 is 24.5 Å². The summed E-state index contributed by atoms with van der Waals surface area (Å²) >= 11 is 13.2. The Morgan fingerprint density at radius 2 is 1.82 bits per heavy atom. The highest BCUT2D eigenvalue weighted by Gasteiger charge is 2.63. The van der Waals surface area contributed by atoms with Gasteiger partial charge in [-0.05, 0) is 74.8 Å². The molecule has 212 valence electrons. The lowest BCUT2D eigenvalue weighted by molar-refractivity contribution is -0.150. The van der Waals surface area contributed by atoms with Gasteiger partial charge in [-0.1, -0.05) is 43.1 Å². The molecule has 0 radical (unpaired) electrons. The minimum atomic E-state index is -1.05. The molecule has 0 spiro atoms.